The molecule has 0 atom stereocenters. The van der Waals surface area contributed by atoms with Gasteiger partial charge < -0.3 is 15.7 Å². The van der Waals surface area contributed by atoms with Crippen molar-refractivity contribution in [2.24, 2.45) is 16.8 Å². The molecular weight excluding hydrogens is 649 g/mol. The predicted octanol–water partition coefficient (Wildman–Crippen LogP) is 7.64. The van der Waals surface area contributed by atoms with E-state index in [1.54, 1.807) is 23.2 Å². The molecule has 1 heterocycles. The maximum Gasteiger partial charge on any atom is 0.337 e. The zero-order chi connectivity index (χ0) is 36.1. The Bertz CT molecular complexity index is 2240. The number of nitrogens with two attached hydrogens (primary N) is 2. The highest BCUT2D eigenvalue weighted by Crippen LogP contribution is 2.42. The molecule has 9 heteroatoms. The van der Waals surface area contributed by atoms with E-state index in [9.17, 15) is 9.90 Å². The Morgan fingerprint density at radius 2 is 1.29 bits per heavy atom. The number of hydrazine groups is 1. The van der Waals surface area contributed by atoms with Gasteiger partial charge in [-0.15, -0.1) is 0 Å². The first-order chi connectivity index (χ1) is 25.5. The maximum atomic E-state index is 12.1. The molecule has 52 heavy (non-hydrogen) atoms. The van der Waals surface area contributed by atoms with Crippen molar-refractivity contribution < 1.29 is 14.6 Å². The summed E-state index contributed by atoms with van der Waals surface area (Å²) in [6.07, 6.45) is 0. The molecule has 0 aliphatic rings. The summed E-state index contributed by atoms with van der Waals surface area (Å²) in [6, 6.07) is 51.8. The van der Waals surface area contributed by atoms with E-state index < -0.39 is 11.5 Å². The van der Waals surface area contributed by atoms with Crippen LogP contribution in [0, 0.1) is 0 Å². The Kier molecular flexibility index (Phi) is 9.51. The number of imidazole rings is 1. The Balaban J connectivity index is 1.31. The second kappa shape index (κ2) is 14.6. The van der Waals surface area contributed by atoms with E-state index in [2.05, 4.69) is 46.5 Å². The lowest BCUT2D eigenvalue weighted by Gasteiger charge is -2.44. The molecule has 7 rings (SSSR count). The van der Waals surface area contributed by atoms with Crippen LogP contribution in [0.1, 0.15) is 45.1 Å². The van der Waals surface area contributed by atoms with Gasteiger partial charge >= 0.3 is 5.97 Å². The lowest BCUT2D eigenvalue weighted by atomic mass is 9.76. The number of hydrogen-bond acceptors (Lipinski definition) is 6. The van der Waals surface area contributed by atoms with Crippen molar-refractivity contribution in [1.82, 2.24) is 14.6 Å². The summed E-state index contributed by atoms with van der Waals surface area (Å²) in [5.41, 5.74) is 6.57. The van der Waals surface area contributed by atoms with Gasteiger partial charge in [-0.1, -0.05) is 146 Å². The smallest absolute Gasteiger partial charge is 0.337 e. The highest BCUT2D eigenvalue weighted by molar-refractivity contribution is 6.05. The van der Waals surface area contributed by atoms with E-state index in [4.69, 9.17) is 16.4 Å². The molecule has 0 bridgehead atoms. The van der Waals surface area contributed by atoms with Gasteiger partial charge in [-0.05, 0) is 52.4 Å². The number of rotatable bonds is 11. The number of nitrogens with zero attached hydrogens (tertiary/aromatic N) is 4. The third-order valence-electron chi connectivity index (χ3n) is 9.30. The quantitative estimate of drug-likeness (QED) is 0.0419. The molecule has 6 aromatic carbocycles. The molecule has 1 aromatic heterocycles. The highest BCUT2D eigenvalue weighted by atomic mass is 16.5. The summed E-state index contributed by atoms with van der Waals surface area (Å²) in [6.45, 7) is 2.63. The first-order valence-corrected chi connectivity index (χ1v) is 17.0. The van der Waals surface area contributed by atoms with Gasteiger partial charge in [0.25, 0.3) is 6.01 Å². The van der Waals surface area contributed by atoms with E-state index in [1.165, 1.54) is 0 Å². The van der Waals surface area contributed by atoms with Gasteiger partial charge in [-0.25, -0.2) is 10.6 Å². The number of aromatic nitrogens is 2. The number of carboxylic acids is 1. The van der Waals surface area contributed by atoms with E-state index in [0.717, 1.165) is 38.9 Å². The van der Waals surface area contributed by atoms with Crippen LogP contribution in [-0.4, -0.2) is 38.1 Å². The lowest BCUT2D eigenvalue weighted by Crippen LogP contribution is -2.55. The summed E-state index contributed by atoms with van der Waals surface area (Å²) in [5, 5.41) is 16.0. The fourth-order valence-corrected chi connectivity index (χ4v) is 7.00. The second-order valence-electron chi connectivity index (χ2n) is 12.3. The van der Waals surface area contributed by atoms with Gasteiger partial charge in [0.1, 0.15) is 5.54 Å². The fraction of sp³-hybridized carbons (Fsp3) is 0.0930. The molecule has 0 saturated carbocycles. The van der Waals surface area contributed by atoms with Gasteiger partial charge in [0.15, 0.2) is 5.84 Å². The average molecular weight is 687 g/mol. The Labute approximate surface area is 302 Å². The van der Waals surface area contributed by atoms with Crippen LogP contribution in [0.2, 0.25) is 0 Å². The molecule has 0 amide bonds. The predicted molar refractivity (Wildman–Crippen MR) is 205 cm³/mol. The van der Waals surface area contributed by atoms with Crippen molar-refractivity contribution in [1.29, 1.82) is 0 Å². The molecule has 0 fully saturated rings. The van der Waals surface area contributed by atoms with Gasteiger partial charge in [-0.3, -0.25) is 9.58 Å². The Hall–Kier alpha value is -6.71. The zero-order valence-corrected chi connectivity index (χ0v) is 28.6. The van der Waals surface area contributed by atoms with Gasteiger partial charge in [0.2, 0.25) is 0 Å². The molecule has 5 N–H and O–H groups in total. The third-order valence-corrected chi connectivity index (χ3v) is 9.30. The molecule has 7 aromatic rings. The van der Waals surface area contributed by atoms with Crippen molar-refractivity contribution in [2.75, 3.05) is 6.61 Å². The first kappa shape index (κ1) is 33.8. The van der Waals surface area contributed by atoms with Crippen LogP contribution in [0.3, 0.4) is 0 Å². The SMILES string of the molecule is CCOc1nc2cccc(C(=O)O)c2n1Cc1ccc(-c2ccccc2/C(=N/N)N(N)C(c2ccccc2)(c2ccccc2)c2ccccc2)cc1. The van der Waals surface area contributed by atoms with Gasteiger partial charge in [0.05, 0.1) is 29.7 Å². The normalized spacial score (nSPS) is 11.8. The molecule has 0 radical (unpaired) electrons. The van der Waals surface area contributed by atoms with E-state index in [-0.39, 0.29) is 5.56 Å². The van der Waals surface area contributed by atoms with Crippen LogP contribution < -0.4 is 16.4 Å². The molecule has 9 nitrogen and oxygen atoms in total. The molecular formula is C43H38N6O3. The number of hydrazone groups is 1. The topological polar surface area (TPSA) is 132 Å². The summed E-state index contributed by atoms with van der Waals surface area (Å²) in [5.74, 6) is 13.0. The molecule has 258 valence electrons. The summed E-state index contributed by atoms with van der Waals surface area (Å²) in [4.78, 5) is 16.7. The summed E-state index contributed by atoms with van der Waals surface area (Å²) < 4.78 is 7.65. The number of ether oxygens (including phenoxy) is 1. The molecule has 0 aliphatic carbocycles. The number of para-hydroxylation sites is 1. The van der Waals surface area contributed by atoms with Crippen LogP contribution in [-0.2, 0) is 12.1 Å². The zero-order valence-electron chi connectivity index (χ0n) is 28.6. The van der Waals surface area contributed by atoms with Crippen molar-refractivity contribution in [3.05, 3.63) is 191 Å². The number of amidine groups is 1. The van der Waals surface area contributed by atoms with Crippen molar-refractivity contribution in [2.45, 2.75) is 19.0 Å². The number of benzene rings is 6. The molecule has 0 spiro atoms. The largest absolute Gasteiger partial charge is 0.478 e. The standard InChI is InChI=1S/C43H38N6O3/c1-2-52-42-46-38-24-14-23-37(41(50)51)39(38)48(42)29-30-25-27-31(28-26-30)35-21-12-13-22-36(35)40(47-44)49(45)43(32-15-6-3-7-16-32,33-17-8-4-9-18-33)34-19-10-5-11-20-34/h3-28H,2,29,44-45H2,1H3,(H,50,51)/b47-40-. The van der Waals surface area contributed by atoms with Crippen LogP contribution in [0.25, 0.3) is 22.2 Å². The van der Waals surface area contributed by atoms with Crippen molar-refractivity contribution in [3.8, 4) is 17.1 Å². The minimum Gasteiger partial charge on any atom is -0.478 e. The number of hydrogen-bond donors (Lipinski definition) is 3. The number of carboxylic acid groups (broad SMARTS) is 1. The van der Waals surface area contributed by atoms with Gasteiger partial charge in [-0.2, -0.15) is 10.1 Å². The molecule has 0 saturated heterocycles. The minimum absolute atomic E-state index is 0.166. The maximum absolute atomic E-state index is 12.1. The number of aromatic carboxylic acids is 1. The molecule has 0 aliphatic heterocycles. The number of fused-ring (bicyclic) bond motifs is 1. The van der Waals surface area contributed by atoms with Crippen molar-refractivity contribution in [3.63, 3.8) is 0 Å². The van der Waals surface area contributed by atoms with Crippen LogP contribution in [0.5, 0.6) is 6.01 Å². The lowest BCUT2D eigenvalue weighted by molar-refractivity contribution is 0.0698. The van der Waals surface area contributed by atoms with E-state index >= 15 is 0 Å². The van der Waals surface area contributed by atoms with Crippen LogP contribution in [0.4, 0.5) is 0 Å². The fourth-order valence-electron chi connectivity index (χ4n) is 7.00. The summed E-state index contributed by atoms with van der Waals surface area (Å²) in [7, 11) is 0. The second-order valence-corrected chi connectivity index (χ2v) is 12.3. The van der Waals surface area contributed by atoms with Crippen LogP contribution >= 0.6 is 0 Å². The highest BCUT2D eigenvalue weighted by Gasteiger charge is 2.43. The molecule has 0 unspecified atom stereocenters. The van der Waals surface area contributed by atoms with Crippen molar-refractivity contribution >= 4 is 22.8 Å². The first-order valence-electron chi connectivity index (χ1n) is 17.0. The average Bonchev–Trinajstić information content (AvgIpc) is 3.54. The van der Waals surface area contributed by atoms with E-state index in [0.29, 0.717) is 36.0 Å². The Morgan fingerprint density at radius 1 is 0.750 bits per heavy atom. The third kappa shape index (κ3) is 6.03. The number of carbonyl (C=O) groups is 1. The minimum atomic E-state index is -1.02. The van der Waals surface area contributed by atoms with Crippen LogP contribution in [0.15, 0.2) is 163 Å². The Morgan fingerprint density at radius 3 is 1.83 bits per heavy atom. The monoisotopic (exact) mass is 686 g/mol. The van der Waals surface area contributed by atoms with Gasteiger partial charge in [0, 0.05) is 5.56 Å². The summed E-state index contributed by atoms with van der Waals surface area (Å²) >= 11 is 0. The van der Waals surface area contributed by atoms with E-state index in [1.807, 2.05) is 115 Å².